The molecule has 0 unspecified atom stereocenters. The second-order valence-corrected chi connectivity index (χ2v) is 16.4. The lowest BCUT2D eigenvalue weighted by Gasteiger charge is -2.28. The number of rotatable bonds is 6. The van der Waals surface area contributed by atoms with Crippen LogP contribution in [0.5, 0.6) is 0 Å². The van der Waals surface area contributed by atoms with E-state index in [9.17, 15) is 0 Å². The van der Waals surface area contributed by atoms with E-state index in [4.69, 9.17) is 4.42 Å². The van der Waals surface area contributed by atoms with Gasteiger partial charge in [-0.1, -0.05) is 176 Å². The van der Waals surface area contributed by atoms with Gasteiger partial charge in [-0.15, -0.1) is 0 Å². The third-order valence-corrected chi connectivity index (χ3v) is 13.0. The van der Waals surface area contributed by atoms with E-state index in [1.165, 1.54) is 59.7 Å². The van der Waals surface area contributed by atoms with Crippen molar-refractivity contribution in [1.82, 2.24) is 4.57 Å². The van der Waals surface area contributed by atoms with Crippen LogP contribution < -0.4 is 4.90 Å². The van der Waals surface area contributed by atoms with Crippen molar-refractivity contribution in [3.8, 4) is 27.9 Å². The highest BCUT2D eigenvalue weighted by Gasteiger charge is 2.21. The minimum atomic E-state index is 0.903. The smallest absolute Gasteiger partial charge is 0.143 e. The Morgan fingerprint density at radius 2 is 0.889 bits per heavy atom. The molecule has 0 spiro atoms. The molecule has 0 bridgehead atoms. The first-order valence-corrected chi connectivity index (χ1v) is 21.6. The largest absolute Gasteiger partial charge is 0.455 e. The molecule has 0 fully saturated rings. The predicted molar refractivity (Wildman–Crippen MR) is 266 cm³/mol. The summed E-state index contributed by atoms with van der Waals surface area (Å²) in [6.07, 6.45) is 0. The molecule has 0 saturated heterocycles. The van der Waals surface area contributed by atoms with Crippen LogP contribution in [-0.2, 0) is 0 Å². The first kappa shape index (κ1) is 35.4. The van der Waals surface area contributed by atoms with Gasteiger partial charge in [0.05, 0.1) is 22.4 Å². The fourth-order valence-electron chi connectivity index (χ4n) is 10.1. The lowest BCUT2D eigenvalue weighted by molar-refractivity contribution is 0.670. The van der Waals surface area contributed by atoms with Crippen LogP contribution in [0.2, 0.25) is 0 Å². The summed E-state index contributed by atoms with van der Waals surface area (Å²) < 4.78 is 8.93. The van der Waals surface area contributed by atoms with E-state index < -0.39 is 0 Å². The fourth-order valence-corrected chi connectivity index (χ4v) is 10.1. The molecule has 63 heavy (non-hydrogen) atoms. The molecule has 0 aliphatic heterocycles. The summed E-state index contributed by atoms with van der Waals surface area (Å²) in [6, 6.07) is 83.6. The number of aromatic nitrogens is 1. The number of nitrogens with zero attached hydrogens (tertiary/aromatic N) is 2. The molecule has 0 radical (unpaired) electrons. The van der Waals surface area contributed by atoms with E-state index in [1.54, 1.807) is 0 Å². The van der Waals surface area contributed by atoms with E-state index in [0.29, 0.717) is 0 Å². The number of hydrogen-bond acceptors (Lipinski definition) is 2. The Bertz CT molecular complexity index is 3860. The molecule has 0 N–H and O–H groups in total. The number of hydrogen-bond donors (Lipinski definition) is 0. The van der Waals surface area contributed by atoms with Crippen molar-refractivity contribution in [3.05, 3.63) is 231 Å². The van der Waals surface area contributed by atoms with Crippen molar-refractivity contribution in [2.24, 2.45) is 0 Å². The Labute approximate surface area is 363 Å². The van der Waals surface area contributed by atoms with Gasteiger partial charge in [0.25, 0.3) is 0 Å². The van der Waals surface area contributed by atoms with Crippen molar-refractivity contribution in [2.45, 2.75) is 0 Å². The summed E-state index contributed by atoms with van der Waals surface area (Å²) >= 11 is 0. The molecule has 11 aromatic carbocycles. The summed E-state index contributed by atoms with van der Waals surface area (Å²) in [5.74, 6) is 0. The van der Waals surface area contributed by atoms with Crippen LogP contribution in [0.1, 0.15) is 0 Å². The Morgan fingerprint density at radius 1 is 0.349 bits per heavy atom. The van der Waals surface area contributed by atoms with Crippen LogP contribution in [0.25, 0.3) is 104 Å². The van der Waals surface area contributed by atoms with Crippen LogP contribution in [-0.4, -0.2) is 4.57 Å². The van der Waals surface area contributed by atoms with E-state index >= 15 is 0 Å². The zero-order valence-corrected chi connectivity index (χ0v) is 34.2. The number of furan rings is 1. The Balaban J connectivity index is 1.00. The molecule has 3 heteroatoms. The maximum absolute atomic E-state index is 6.48. The maximum atomic E-state index is 6.48. The number of anilines is 3. The molecular formula is C60H38N2O. The number of para-hydroxylation sites is 4. The van der Waals surface area contributed by atoms with Gasteiger partial charge in [0.1, 0.15) is 11.2 Å². The van der Waals surface area contributed by atoms with Crippen LogP contribution in [0, 0.1) is 0 Å². The molecule has 2 aromatic heterocycles. The van der Waals surface area contributed by atoms with Crippen LogP contribution in [0.4, 0.5) is 17.1 Å². The molecule has 13 aromatic rings. The van der Waals surface area contributed by atoms with E-state index in [0.717, 1.165) is 61.4 Å². The topological polar surface area (TPSA) is 21.3 Å². The Hall–Kier alpha value is -8.40. The van der Waals surface area contributed by atoms with E-state index in [1.807, 2.05) is 12.1 Å². The Morgan fingerprint density at radius 3 is 1.60 bits per heavy atom. The van der Waals surface area contributed by atoms with Crippen LogP contribution >= 0.6 is 0 Å². The third-order valence-electron chi connectivity index (χ3n) is 13.0. The number of benzene rings is 11. The molecule has 0 saturated carbocycles. The van der Waals surface area contributed by atoms with Gasteiger partial charge in [0.15, 0.2) is 0 Å². The van der Waals surface area contributed by atoms with Gasteiger partial charge in [-0.3, -0.25) is 0 Å². The fraction of sp³-hybridized carbons (Fsp3) is 0. The molecule has 3 nitrogen and oxygen atoms in total. The highest BCUT2D eigenvalue weighted by atomic mass is 16.3. The minimum Gasteiger partial charge on any atom is -0.455 e. The zero-order valence-electron chi connectivity index (χ0n) is 34.2. The normalized spacial score (nSPS) is 11.8. The van der Waals surface area contributed by atoms with Crippen LogP contribution in [0.3, 0.4) is 0 Å². The lowest BCUT2D eigenvalue weighted by atomic mass is 9.95. The second kappa shape index (κ2) is 14.1. The zero-order chi connectivity index (χ0) is 41.4. The average Bonchev–Trinajstić information content (AvgIpc) is 3.90. The minimum absolute atomic E-state index is 0.903. The highest BCUT2D eigenvalue weighted by Crippen LogP contribution is 2.45. The van der Waals surface area contributed by atoms with Crippen molar-refractivity contribution >= 4 is 93.1 Å². The van der Waals surface area contributed by atoms with Gasteiger partial charge in [0, 0.05) is 49.4 Å². The van der Waals surface area contributed by atoms with E-state index in [2.05, 4.69) is 228 Å². The summed E-state index contributed by atoms with van der Waals surface area (Å²) in [5.41, 5.74) is 13.2. The summed E-state index contributed by atoms with van der Waals surface area (Å²) in [7, 11) is 0. The molecule has 13 rings (SSSR count). The van der Waals surface area contributed by atoms with Gasteiger partial charge < -0.3 is 13.9 Å². The van der Waals surface area contributed by atoms with Crippen molar-refractivity contribution in [3.63, 3.8) is 0 Å². The van der Waals surface area contributed by atoms with Gasteiger partial charge in [-0.05, 0) is 92.7 Å². The Kier molecular flexibility index (Phi) is 7.91. The predicted octanol–water partition coefficient (Wildman–Crippen LogP) is 16.9. The number of fused-ring (bicyclic) bond motifs is 10. The third kappa shape index (κ3) is 5.53. The molecule has 2 heterocycles. The standard InChI is InChI=1S/C60H38N2O/c1-4-17-46-39(14-1)32-37-56(62-54-25-10-7-20-50(54)51-21-8-11-26-55(51)62)59(46)41-30-35-44(36-31-41)61(57-38-42-15-2-3-16-45(42)48-18-5-6-19-49(48)57)43-33-28-40(29-34-43)47-23-13-24-53-52-22-9-12-27-58(52)63-60(47)53/h1-38H. The first-order valence-electron chi connectivity index (χ1n) is 21.6. The monoisotopic (exact) mass is 802 g/mol. The quantitative estimate of drug-likeness (QED) is 0.156. The second-order valence-electron chi connectivity index (χ2n) is 16.4. The molecular weight excluding hydrogens is 765 g/mol. The maximum Gasteiger partial charge on any atom is 0.143 e. The summed E-state index contributed by atoms with van der Waals surface area (Å²) in [6.45, 7) is 0. The highest BCUT2D eigenvalue weighted by molar-refractivity contribution is 6.15. The average molecular weight is 803 g/mol. The summed E-state index contributed by atoms with van der Waals surface area (Å²) in [4.78, 5) is 2.42. The summed E-state index contributed by atoms with van der Waals surface area (Å²) in [5, 5.41) is 12.1. The van der Waals surface area contributed by atoms with Gasteiger partial charge in [0.2, 0.25) is 0 Å². The molecule has 0 atom stereocenters. The van der Waals surface area contributed by atoms with Crippen molar-refractivity contribution < 1.29 is 4.42 Å². The molecule has 0 aliphatic rings. The van der Waals surface area contributed by atoms with Crippen molar-refractivity contribution in [1.29, 1.82) is 0 Å². The molecule has 0 amide bonds. The SMILES string of the molecule is c1ccc2c(-c3ccc(N(c4ccc(-c5cccc6c5oc5ccccc56)cc4)c4cc5ccccc5c5ccccc45)cc3)c(-n3c4ccccc4c4ccccc43)ccc2c1. The van der Waals surface area contributed by atoms with Crippen molar-refractivity contribution in [2.75, 3.05) is 4.90 Å². The lowest BCUT2D eigenvalue weighted by Crippen LogP contribution is -2.10. The molecule has 294 valence electrons. The van der Waals surface area contributed by atoms with Gasteiger partial charge in [-0.25, -0.2) is 0 Å². The first-order chi connectivity index (χ1) is 31.3. The van der Waals surface area contributed by atoms with Gasteiger partial charge >= 0.3 is 0 Å². The van der Waals surface area contributed by atoms with E-state index in [-0.39, 0.29) is 0 Å². The molecule has 0 aliphatic carbocycles. The van der Waals surface area contributed by atoms with Gasteiger partial charge in [-0.2, -0.15) is 0 Å². The van der Waals surface area contributed by atoms with Crippen LogP contribution in [0.15, 0.2) is 235 Å².